The van der Waals surface area contributed by atoms with E-state index in [0.717, 1.165) is 16.3 Å². The molecule has 0 aliphatic carbocycles. The number of carbonyl (C=O) groups excluding carboxylic acids is 1. The molecule has 0 unspecified atom stereocenters. The second-order valence-corrected chi connectivity index (χ2v) is 5.34. The zero-order chi connectivity index (χ0) is 16.3. The molecule has 2 rings (SSSR count). The Morgan fingerprint density at radius 1 is 1.45 bits per heavy atom. The van der Waals surface area contributed by atoms with Crippen molar-refractivity contribution in [3.63, 3.8) is 0 Å². The third-order valence-electron chi connectivity index (χ3n) is 2.45. The lowest BCUT2D eigenvalue weighted by atomic mass is 10.4. The van der Waals surface area contributed by atoms with Crippen LogP contribution < -0.4 is 5.32 Å². The fraction of sp³-hybridized carbons (Fsp3) is 0.273. The van der Waals surface area contributed by atoms with Crippen molar-refractivity contribution in [1.82, 2.24) is 19.7 Å². The van der Waals surface area contributed by atoms with E-state index in [1.54, 1.807) is 12.1 Å². The number of rotatable bonds is 4. The molecule has 1 N–H and O–H groups in total. The molecular formula is C11H9ClF3N5OS. The molecular weight excluding hydrogens is 343 g/mol. The van der Waals surface area contributed by atoms with Crippen LogP contribution in [0, 0.1) is 0 Å². The van der Waals surface area contributed by atoms with Crippen molar-refractivity contribution in [2.75, 3.05) is 11.1 Å². The van der Waals surface area contributed by atoms with Crippen molar-refractivity contribution in [3.05, 3.63) is 29.3 Å². The van der Waals surface area contributed by atoms with Gasteiger partial charge in [-0.1, -0.05) is 23.4 Å². The van der Waals surface area contributed by atoms with E-state index in [9.17, 15) is 18.0 Å². The van der Waals surface area contributed by atoms with Crippen molar-refractivity contribution in [1.29, 1.82) is 0 Å². The van der Waals surface area contributed by atoms with Gasteiger partial charge in [0.2, 0.25) is 11.7 Å². The van der Waals surface area contributed by atoms with E-state index in [-0.39, 0.29) is 16.1 Å². The highest BCUT2D eigenvalue weighted by atomic mass is 35.5. The van der Waals surface area contributed by atoms with Crippen molar-refractivity contribution in [2.45, 2.75) is 11.3 Å². The first-order valence-corrected chi connectivity index (χ1v) is 7.15. The molecule has 118 valence electrons. The molecule has 11 heteroatoms. The molecule has 2 aromatic rings. The molecule has 0 aromatic carbocycles. The van der Waals surface area contributed by atoms with Crippen LogP contribution in [0.15, 0.2) is 23.5 Å². The van der Waals surface area contributed by atoms with Gasteiger partial charge in [0.15, 0.2) is 10.3 Å². The highest BCUT2D eigenvalue weighted by molar-refractivity contribution is 7.99. The van der Waals surface area contributed by atoms with Crippen molar-refractivity contribution < 1.29 is 18.0 Å². The Labute approximate surface area is 132 Å². The molecule has 6 nitrogen and oxygen atoms in total. The number of nitrogens with zero attached hydrogens (tertiary/aromatic N) is 4. The summed E-state index contributed by atoms with van der Waals surface area (Å²) in [5.41, 5.74) is 0.323. The second-order valence-electron chi connectivity index (χ2n) is 4.04. The van der Waals surface area contributed by atoms with Crippen LogP contribution >= 0.6 is 23.4 Å². The van der Waals surface area contributed by atoms with Crippen molar-refractivity contribution in [2.24, 2.45) is 7.05 Å². The summed E-state index contributed by atoms with van der Waals surface area (Å²) >= 11 is 6.61. The summed E-state index contributed by atoms with van der Waals surface area (Å²) in [7, 11) is 1.18. The molecule has 0 saturated heterocycles. The maximum absolute atomic E-state index is 12.6. The summed E-state index contributed by atoms with van der Waals surface area (Å²) in [4.78, 5) is 15.5. The van der Waals surface area contributed by atoms with Gasteiger partial charge in [-0.15, -0.1) is 10.2 Å². The maximum Gasteiger partial charge on any atom is 0.451 e. The van der Waals surface area contributed by atoms with Crippen LogP contribution in [-0.2, 0) is 18.0 Å². The number of alkyl halides is 3. The molecule has 0 atom stereocenters. The SMILES string of the molecule is Cn1c(SCC(=O)Nc2cccnc2Cl)nnc1C(F)(F)F. The number of pyridine rings is 1. The third-order valence-corrected chi connectivity index (χ3v) is 3.78. The number of amides is 1. The summed E-state index contributed by atoms with van der Waals surface area (Å²) in [6, 6.07) is 3.15. The summed E-state index contributed by atoms with van der Waals surface area (Å²) in [6.07, 6.45) is -3.13. The fourth-order valence-corrected chi connectivity index (χ4v) is 2.36. The van der Waals surface area contributed by atoms with E-state index in [2.05, 4.69) is 20.5 Å². The Morgan fingerprint density at radius 2 is 2.18 bits per heavy atom. The van der Waals surface area contributed by atoms with E-state index in [1.165, 1.54) is 13.2 Å². The Balaban J connectivity index is 1.98. The zero-order valence-electron chi connectivity index (χ0n) is 11.1. The maximum atomic E-state index is 12.6. The van der Waals surface area contributed by atoms with Gasteiger partial charge < -0.3 is 9.88 Å². The van der Waals surface area contributed by atoms with Crippen LogP contribution in [-0.4, -0.2) is 31.4 Å². The predicted molar refractivity (Wildman–Crippen MR) is 74.6 cm³/mol. The molecule has 1 amide bonds. The summed E-state index contributed by atoms with van der Waals surface area (Å²) in [5, 5.41) is 9.10. The topological polar surface area (TPSA) is 72.7 Å². The third kappa shape index (κ3) is 3.89. The van der Waals surface area contributed by atoms with Gasteiger partial charge in [-0.2, -0.15) is 13.2 Å². The Morgan fingerprint density at radius 3 is 2.77 bits per heavy atom. The lowest BCUT2D eigenvalue weighted by molar-refractivity contribution is -0.147. The Kier molecular flexibility index (Phi) is 4.91. The minimum absolute atomic E-state index is 0.0141. The number of nitrogens with one attached hydrogen (secondary N) is 1. The second kappa shape index (κ2) is 6.53. The van der Waals surface area contributed by atoms with Crippen LogP contribution in [0.3, 0.4) is 0 Å². The summed E-state index contributed by atoms with van der Waals surface area (Å²) in [5.74, 6) is -1.71. The minimum atomic E-state index is -4.59. The standard InChI is InChI=1S/C11H9ClF3N5OS/c1-20-9(11(13,14)15)18-19-10(20)22-5-7(21)17-6-3-2-4-16-8(6)12/h2-4H,5H2,1H3,(H,17,21). The van der Waals surface area contributed by atoms with Crippen molar-refractivity contribution >= 4 is 35.0 Å². The highest BCUT2D eigenvalue weighted by Gasteiger charge is 2.37. The van der Waals surface area contributed by atoms with Gasteiger partial charge >= 0.3 is 6.18 Å². The average molecular weight is 352 g/mol. The van der Waals surface area contributed by atoms with Crippen LogP contribution in [0.2, 0.25) is 5.15 Å². The smallest absolute Gasteiger partial charge is 0.323 e. The monoisotopic (exact) mass is 351 g/mol. The van der Waals surface area contributed by atoms with Gasteiger partial charge in [0.05, 0.1) is 11.4 Å². The molecule has 0 saturated carbocycles. The molecule has 0 fully saturated rings. The quantitative estimate of drug-likeness (QED) is 0.677. The van der Waals surface area contributed by atoms with Gasteiger partial charge in [0, 0.05) is 13.2 Å². The molecule has 0 bridgehead atoms. The number of halogens is 4. The molecule has 0 aliphatic heterocycles. The number of anilines is 1. The summed E-state index contributed by atoms with van der Waals surface area (Å²) < 4.78 is 38.5. The number of carbonyl (C=O) groups is 1. The normalized spacial score (nSPS) is 11.5. The van der Waals surface area contributed by atoms with Gasteiger partial charge in [-0.25, -0.2) is 4.98 Å². The molecule has 0 radical (unpaired) electrons. The largest absolute Gasteiger partial charge is 0.451 e. The first-order valence-electron chi connectivity index (χ1n) is 5.79. The van der Waals surface area contributed by atoms with E-state index < -0.39 is 17.9 Å². The lowest BCUT2D eigenvalue weighted by Gasteiger charge is -2.07. The number of hydrogen-bond donors (Lipinski definition) is 1. The predicted octanol–water partition coefficient (Wildman–Crippen LogP) is 2.61. The molecule has 22 heavy (non-hydrogen) atoms. The Bertz CT molecular complexity index is 691. The van der Waals surface area contributed by atoms with Gasteiger partial charge in [-0.3, -0.25) is 4.79 Å². The number of aromatic nitrogens is 4. The lowest BCUT2D eigenvalue weighted by Crippen LogP contribution is -2.16. The van der Waals surface area contributed by atoms with Gasteiger partial charge in [0.1, 0.15) is 0 Å². The van der Waals surface area contributed by atoms with Crippen LogP contribution in [0.25, 0.3) is 0 Å². The number of thioether (sulfide) groups is 1. The molecule has 0 spiro atoms. The minimum Gasteiger partial charge on any atom is -0.323 e. The van der Waals surface area contributed by atoms with Crippen LogP contribution in [0.1, 0.15) is 5.82 Å². The summed E-state index contributed by atoms with van der Waals surface area (Å²) in [6.45, 7) is 0. The number of hydrogen-bond acceptors (Lipinski definition) is 5. The van der Waals surface area contributed by atoms with E-state index >= 15 is 0 Å². The van der Waals surface area contributed by atoms with Crippen molar-refractivity contribution in [3.8, 4) is 0 Å². The molecule has 2 heterocycles. The van der Waals surface area contributed by atoms with Crippen LogP contribution in [0.5, 0.6) is 0 Å². The Hall–Kier alpha value is -1.81. The first kappa shape index (κ1) is 16.6. The fourth-order valence-electron chi connectivity index (χ4n) is 1.48. The van der Waals surface area contributed by atoms with Crippen LogP contribution in [0.4, 0.5) is 18.9 Å². The highest BCUT2D eigenvalue weighted by Crippen LogP contribution is 2.29. The van der Waals surface area contributed by atoms with E-state index in [0.29, 0.717) is 5.69 Å². The molecule has 2 aromatic heterocycles. The van der Waals surface area contributed by atoms with Gasteiger partial charge in [-0.05, 0) is 12.1 Å². The van der Waals surface area contributed by atoms with E-state index in [1.807, 2.05) is 0 Å². The van der Waals surface area contributed by atoms with Gasteiger partial charge in [0.25, 0.3) is 0 Å². The average Bonchev–Trinajstić information content (AvgIpc) is 2.80. The zero-order valence-corrected chi connectivity index (χ0v) is 12.6. The first-order chi connectivity index (χ1) is 10.3. The van der Waals surface area contributed by atoms with E-state index in [4.69, 9.17) is 11.6 Å². The molecule has 0 aliphatic rings.